The summed E-state index contributed by atoms with van der Waals surface area (Å²) in [4.78, 5) is 15.1. The second-order valence-corrected chi connectivity index (χ2v) is 7.53. The van der Waals surface area contributed by atoms with E-state index in [1.165, 1.54) is 19.3 Å². The number of fused-ring (bicyclic) bond motifs is 1. The molecule has 0 amide bonds. The molecule has 2 aromatic carbocycles. The lowest BCUT2D eigenvalue weighted by atomic mass is 10.1. The fourth-order valence-corrected chi connectivity index (χ4v) is 4.06. The van der Waals surface area contributed by atoms with Gasteiger partial charge in [-0.3, -0.25) is 10.2 Å². The van der Waals surface area contributed by atoms with Gasteiger partial charge in [-0.25, -0.2) is 8.78 Å². The van der Waals surface area contributed by atoms with Crippen molar-refractivity contribution < 1.29 is 13.6 Å². The number of ketones is 1. The number of nitrogens with zero attached hydrogens (tertiary/aromatic N) is 3. The molecule has 5 nitrogen and oxygen atoms in total. The van der Waals surface area contributed by atoms with Gasteiger partial charge in [-0.05, 0) is 50.2 Å². The van der Waals surface area contributed by atoms with Crippen molar-refractivity contribution in [3.05, 3.63) is 65.3 Å². The number of carbonyl (C=O) groups excluding carboxylic acids is 1. The van der Waals surface area contributed by atoms with Crippen LogP contribution in [-0.2, 0) is 13.1 Å². The highest BCUT2D eigenvalue weighted by molar-refractivity contribution is 5.96. The van der Waals surface area contributed by atoms with E-state index in [0.29, 0.717) is 6.54 Å². The minimum Gasteiger partial charge on any atom is -0.309 e. The number of carbonyl (C=O) groups is 1. The van der Waals surface area contributed by atoms with Crippen LogP contribution in [0.5, 0.6) is 0 Å². The second-order valence-electron chi connectivity index (χ2n) is 7.53. The van der Waals surface area contributed by atoms with E-state index in [0.717, 1.165) is 48.9 Å². The third-order valence-electron chi connectivity index (χ3n) is 5.55. The highest BCUT2D eigenvalue weighted by Crippen LogP contribution is 2.16. The fourth-order valence-electron chi connectivity index (χ4n) is 4.06. The lowest BCUT2D eigenvalue weighted by Gasteiger charge is -2.26. The number of hydrogen-bond acceptors (Lipinski definition) is 3. The Labute approximate surface area is 181 Å². The molecule has 1 saturated heterocycles. The summed E-state index contributed by atoms with van der Waals surface area (Å²) in [6, 6.07) is 10.4. The van der Waals surface area contributed by atoms with E-state index in [2.05, 4.69) is 4.90 Å². The van der Waals surface area contributed by atoms with Crippen molar-refractivity contribution >= 4 is 16.8 Å². The number of halogens is 2. The maximum absolute atomic E-state index is 13.5. The lowest BCUT2D eigenvalue weighted by Crippen LogP contribution is -2.35. The third kappa shape index (κ3) is 5.28. The van der Waals surface area contributed by atoms with E-state index in [4.69, 9.17) is 5.41 Å². The average molecular weight is 429 g/mol. The molecule has 0 unspecified atom stereocenters. The molecule has 2 heterocycles. The Hall–Kier alpha value is -2.80. The minimum atomic E-state index is -0.784. The Bertz CT molecular complexity index is 1080. The normalized spacial score (nSPS) is 14.3. The summed E-state index contributed by atoms with van der Waals surface area (Å²) in [5.74, 6) is -2.00. The molecular formula is C24H30F2N4O. The Morgan fingerprint density at radius 3 is 2.10 bits per heavy atom. The maximum atomic E-state index is 13.5. The SMILES string of the molecule is CC.N=c1n(CCN2CCCCC2)c2ccccc2n1CC(=O)c1cc(F)cc(F)c1. The monoisotopic (exact) mass is 428 g/mol. The van der Waals surface area contributed by atoms with Crippen LogP contribution >= 0.6 is 0 Å². The average Bonchev–Trinajstić information content (AvgIpc) is 3.04. The van der Waals surface area contributed by atoms with Gasteiger partial charge in [0.05, 0.1) is 17.6 Å². The van der Waals surface area contributed by atoms with Crippen molar-refractivity contribution in [2.45, 2.75) is 46.2 Å². The number of imidazole rings is 1. The Kier molecular flexibility index (Phi) is 7.74. The number of nitrogens with one attached hydrogen (secondary N) is 1. The first kappa shape index (κ1) is 22.9. The molecule has 1 aliphatic rings. The van der Waals surface area contributed by atoms with Crippen LogP contribution in [0.3, 0.4) is 0 Å². The van der Waals surface area contributed by atoms with Crippen molar-refractivity contribution in [3.8, 4) is 0 Å². The largest absolute Gasteiger partial charge is 0.309 e. The number of aromatic nitrogens is 2. The zero-order valence-electron chi connectivity index (χ0n) is 18.2. The van der Waals surface area contributed by atoms with E-state index < -0.39 is 17.4 Å². The summed E-state index contributed by atoms with van der Waals surface area (Å²) in [6.07, 6.45) is 3.69. The molecule has 1 aromatic heterocycles. The number of likely N-dealkylation sites (tertiary alicyclic amines) is 1. The predicted molar refractivity (Wildman–Crippen MR) is 118 cm³/mol. The van der Waals surface area contributed by atoms with E-state index >= 15 is 0 Å². The summed E-state index contributed by atoms with van der Waals surface area (Å²) in [6.45, 7) is 7.54. The molecule has 4 rings (SSSR count). The van der Waals surface area contributed by atoms with Gasteiger partial charge in [-0.1, -0.05) is 32.4 Å². The smallest absolute Gasteiger partial charge is 0.203 e. The first-order valence-corrected chi connectivity index (χ1v) is 11.0. The topological polar surface area (TPSA) is 54.0 Å². The molecule has 166 valence electrons. The van der Waals surface area contributed by atoms with Crippen LogP contribution < -0.4 is 5.62 Å². The summed E-state index contributed by atoms with van der Waals surface area (Å²) in [5.41, 5.74) is 1.84. The van der Waals surface area contributed by atoms with E-state index in [1.807, 2.05) is 42.7 Å². The number of piperidine rings is 1. The van der Waals surface area contributed by atoms with Crippen LogP contribution in [0.25, 0.3) is 11.0 Å². The van der Waals surface area contributed by atoms with E-state index in [-0.39, 0.29) is 17.7 Å². The van der Waals surface area contributed by atoms with Gasteiger partial charge in [0.1, 0.15) is 11.6 Å². The van der Waals surface area contributed by atoms with Crippen molar-refractivity contribution in [1.82, 2.24) is 14.0 Å². The molecule has 31 heavy (non-hydrogen) atoms. The molecule has 0 radical (unpaired) electrons. The molecule has 7 heteroatoms. The Morgan fingerprint density at radius 2 is 1.48 bits per heavy atom. The first-order valence-electron chi connectivity index (χ1n) is 11.0. The van der Waals surface area contributed by atoms with Crippen LogP contribution in [0.1, 0.15) is 43.5 Å². The van der Waals surface area contributed by atoms with Crippen LogP contribution in [0.4, 0.5) is 8.78 Å². The van der Waals surface area contributed by atoms with Gasteiger partial charge in [-0.15, -0.1) is 0 Å². The Balaban J connectivity index is 0.00000132. The van der Waals surface area contributed by atoms with Gasteiger partial charge >= 0.3 is 0 Å². The van der Waals surface area contributed by atoms with Crippen molar-refractivity contribution in [1.29, 1.82) is 5.41 Å². The van der Waals surface area contributed by atoms with Gasteiger partial charge in [0.25, 0.3) is 0 Å². The van der Waals surface area contributed by atoms with Gasteiger partial charge < -0.3 is 14.0 Å². The molecule has 3 aromatic rings. The highest BCUT2D eigenvalue weighted by Gasteiger charge is 2.17. The predicted octanol–water partition coefficient (Wildman–Crippen LogP) is 4.60. The Morgan fingerprint density at radius 1 is 0.903 bits per heavy atom. The quantitative estimate of drug-likeness (QED) is 0.584. The molecule has 0 aliphatic carbocycles. The van der Waals surface area contributed by atoms with Crippen LogP contribution in [-0.4, -0.2) is 39.5 Å². The lowest BCUT2D eigenvalue weighted by molar-refractivity contribution is 0.0970. The molecule has 1 fully saturated rings. The molecule has 0 spiro atoms. The van der Waals surface area contributed by atoms with Gasteiger partial charge in [-0.2, -0.15) is 0 Å². The minimum absolute atomic E-state index is 0.0282. The van der Waals surface area contributed by atoms with Crippen LogP contribution in [0, 0.1) is 17.0 Å². The first-order chi connectivity index (χ1) is 15.0. The van der Waals surface area contributed by atoms with E-state index in [9.17, 15) is 13.6 Å². The molecular weight excluding hydrogens is 398 g/mol. The molecule has 0 bridgehead atoms. The highest BCUT2D eigenvalue weighted by atomic mass is 19.1. The van der Waals surface area contributed by atoms with Gasteiger partial charge in [0.2, 0.25) is 5.62 Å². The summed E-state index contributed by atoms with van der Waals surface area (Å²) in [5, 5.41) is 8.64. The molecule has 0 saturated carbocycles. The standard InChI is InChI=1S/C22H24F2N4O.C2H6/c23-17-12-16(13-18(24)14-17)21(29)15-28-20-7-3-2-6-19(20)27(22(28)25)11-10-26-8-4-1-5-9-26;1-2/h2-3,6-7,12-14,25H,1,4-5,8-11,15H2;1-2H3. The van der Waals surface area contributed by atoms with Crippen molar-refractivity contribution in [3.63, 3.8) is 0 Å². The zero-order chi connectivity index (χ0) is 22.4. The zero-order valence-corrected chi connectivity index (χ0v) is 18.2. The summed E-state index contributed by atoms with van der Waals surface area (Å²) >= 11 is 0. The summed E-state index contributed by atoms with van der Waals surface area (Å²) in [7, 11) is 0. The van der Waals surface area contributed by atoms with Crippen molar-refractivity contribution in [2.24, 2.45) is 0 Å². The van der Waals surface area contributed by atoms with Crippen LogP contribution in [0.15, 0.2) is 42.5 Å². The molecule has 1 N–H and O–H groups in total. The van der Waals surface area contributed by atoms with Crippen molar-refractivity contribution in [2.75, 3.05) is 19.6 Å². The number of rotatable bonds is 6. The number of para-hydroxylation sites is 2. The van der Waals surface area contributed by atoms with Gasteiger partial charge in [0, 0.05) is 24.7 Å². The number of hydrogen-bond donors (Lipinski definition) is 1. The van der Waals surface area contributed by atoms with E-state index in [1.54, 1.807) is 4.57 Å². The van der Waals surface area contributed by atoms with Gasteiger partial charge in [0.15, 0.2) is 5.78 Å². The number of Topliss-reactive ketones (excluding diaryl/α,β-unsaturated/α-hetero) is 1. The third-order valence-corrected chi connectivity index (χ3v) is 5.55. The second kappa shape index (κ2) is 10.5. The molecule has 1 aliphatic heterocycles. The molecule has 0 atom stereocenters. The summed E-state index contributed by atoms with van der Waals surface area (Å²) < 4.78 is 30.5. The number of benzene rings is 2. The van der Waals surface area contributed by atoms with Crippen LogP contribution in [0.2, 0.25) is 0 Å². The fraction of sp³-hybridized carbons (Fsp3) is 0.417. The maximum Gasteiger partial charge on any atom is 0.203 e.